The summed E-state index contributed by atoms with van der Waals surface area (Å²) in [6.45, 7) is 2.01. The number of aryl methyl sites for hydroxylation is 1. The average molecular weight is 265 g/mol. The minimum atomic E-state index is 0.127. The van der Waals surface area contributed by atoms with Crippen LogP contribution in [0.5, 0.6) is 5.88 Å². The molecule has 0 saturated carbocycles. The summed E-state index contributed by atoms with van der Waals surface area (Å²) in [5.74, 6) is 0.127. The van der Waals surface area contributed by atoms with Crippen LogP contribution in [0.25, 0.3) is 10.9 Å². The molecule has 0 radical (unpaired) electrons. The zero-order valence-corrected chi connectivity index (χ0v) is 11.1. The highest BCUT2D eigenvalue weighted by atomic mass is 16.3. The zero-order valence-electron chi connectivity index (χ0n) is 11.1. The van der Waals surface area contributed by atoms with Crippen molar-refractivity contribution in [2.24, 2.45) is 4.99 Å². The molecule has 0 unspecified atom stereocenters. The SMILES string of the molecule is Cc1cccc2[nH]c(O)c(C=Nc3cccc(N)c3)c12. The summed E-state index contributed by atoms with van der Waals surface area (Å²) in [4.78, 5) is 7.33. The molecule has 0 atom stereocenters. The smallest absolute Gasteiger partial charge is 0.198 e. The summed E-state index contributed by atoms with van der Waals surface area (Å²) in [6.07, 6.45) is 1.66. The first-order valence-electron chi connectivity index (χ1n) is 6.35. The topological polar surface area (TPSA) is 74.4 Å². The van der Waals surface area contributed by atoms with Crippen molar-refractivity contribution in [1.29, 1.82) is 0 Å². The molecule has 2 aromatic carbocycles. The Morgan fingerprint density at radius 3 is 2.80 bits per heavy atom. The van der Waals surface area contributed by atoms with Gasteiger partial charge < -0.3 is 15.8 Å². The molecule has 0 spiro atoms. The van der Waals surface area contributed by atoms with E-state index < -0.39 is 0 Å². The van der Waals surface area contributed by atoms with Crippen LogP contribution >= 0.6 is 0 Å². The Labute approximate surface area is 116 Å². The van der Waals surface area contributed by atoms with Crippen LogP contribution in [0, 0.1) is 6.92 Å². The lowest BCUT2D eigenvalue weighted by atomic mass is 10.1. The van der Waals surface area contributed by atoms with E-state index in [0.29, 0.717) is 11.3 Å². The molecular weight excluding hydrogens is 250 g/mol. The number of anilines is 1. The molecule has 0 bridgehead atoms. The van der Waals surface area contributed by atoms with Crippen molar-refractivity contribution in [3.63, 3.8) is 0 Å². The molecule has 0 amide bonds. The number of H-pyrrole nitrogens is 1. The molecule has 0 aliphatic rings. The van der Waals surface area contributed by atoms with Gasteiger partial charge in [0.15, 0.2) is 5.88 Å². The Bertz CT molecular complexity index is 803. The highest BCUT2D eigenvalue weighted by Gasteiger charge is 2.10. The van der Waals surface area contributed by atoms with Gasteiger partial charge in [-0.05, 0) is 36.8 Å². The molecule has 0 aliphatic heterocycles. The average Bonchev–Trinajstić information content (AvgIpc) is 2.74. The second-order valence-corrected chi connectivity index (χ2v) is 4.74. The second kappa shape index (κ2) is 4.74. The third kappa shape index (κ3) is 2.12. The first kappa shape index (κ1) is 12.3. The number of aromatic hydroxyl groups is 1. The van der Waals surface area contributed by atoms with Crippen LogP contribution in [0.3, 0.4) is 0 Å². The number of aromatic amines is 1. The fourth-order valence-electron chi connectivity index (χ4n) is 2.31. The van der Waals surface area contributed by atoms with Gasteiger partial charge in [-0.15, -0.1) is 0 Å². The Morgan fingerprint density at radius 1 is 1.20 bits per heavy atom. The number of hydrogen-bond acceptors (Lipinski definition) is 3. The predicted octanol–water partition coefficient (Wildman–Crippen LogP) is 3.51. The first-order valence-corrected chi connectivity index (χ1v) is 6.35. The maximum atomic E-state index is 10.0. The normalized spacial score (nSPS) is 11.4. The summed E-state index contributed by atoms with van der Waals surface area (Å²) < 4.78 is 0. The number of fused-ring (bicyclic) bond motifs is 1. The molecule has 1 aromatic heterocycles. The fourth-order valence-corrected chi connectivity index (χ4v) is 2.31. The number of benzene rings is 2. The third-order valence-corrected chi connectivity index (χ3v) is 3.26. The van der Waals surface area contributed by atoms with Crippen LogP contribution < -0.4 is 5.73 Å². The summed E-state index contributed by atoms with van der Waals surface area (Å²) >= 11 is 0. The van der Waals surface area contributed by atoms with Crippen molar-refractivity contribution in [3.8, 4) is 5.88 Å². The Balaban J connectivity index is 2.09. The molecule has 100 valence electrons. The number of nitrogen functional groups attached to an aromatic ring is 1. The number of nitrogens with two attached hydrogens (primary N) is 1. The molecule has 0 saturated heterocycles. The third-order valence-electron chi connectivity index (χ3n) is 3.26. The Morgan fingerprint density at radius 2 is 2.00 bits per heavy atom. The highest BCUT2D eigenvalue weighted by molar-refractivity contribution is 6.04. The van der Waals surface area contributed by atoms with Gasteiger partial charge >= 0.3 is 0 Å². The van der Waals surface area contributed by atoms with Gasteiger partial charge in [-0.3, -0.25) is 4.99 Å². The molecule has 0 fully saturated rings. The van der Waals surface area contributed by atoms with E-state index in [0.717, 1.165) is 22.2 Å². The van der Waals surface area contributed by atoms with E-state index in [1.165, 1.54) is 0 Å². The number of rotatable bonds is 2. The summed E-state index contributed by atoms with van der Waals surface area (Å²) in [5.41, 5.74) is 9.83. The van der Waals surface area contributed by atoms with Gasteiger partial charge in [-0.1, -0.05) is 18.2 Å². The minimum Gasteiger partial charge on any atom is -0.494 e. The van der Waals surface area contributed by atoms with Crippen molar-refractivity contribution in [3.05, 3.63) is 53.6 Å². The molecule has 4 heteroatoms. The van der Waals surface area contributed by atoms with E-state index in [1.807, 2.05) is 43.3 Å². The van der Waals surface area contributed by atoms with Gasteiger partial charge in [-0.2, -0.15) is 0 Å². The zero-order chi connectivity index (χ0) is 14.1. The fraction of sp³-hybridized carbons (Fsp3) is 0.0625. The van der Waals surface area contributed by atoms with Crippen molar-refractivity contribution in [2.75, 3.05) is 5.73 Å². The van der Waals surface area contributed by atoms with Gasteiger partial charge in [0.2, 0.25) is 0 Å². The van der Waals surface area contributed by atoms with Crippen LogP contribution in [0.2, 0.25) is 0 Å². The van der Waals surface area contributed by atoms with Crippen molar-refractivity contribution < 1.29 is 5.11 Å². The molecular formula is C16H15N3O. The monoisotopic (exact) mass is 265 g/mol. The number of aliphatic imine (C=N–C) groups is 1. The van der Waals surface area contributed by atoms with Gasteiger partial charge in [-0.25, -0.2) is 0 Å². The van der Waals surface area contributed by atoms with Crippen LogP contribution in [-0.2, 0) is 0 Å². The molecule has 3 rings (SSSR count). The number of hydrogen-bond donors (Lipinski definition) is 3. The maximum absolute atomic E-state index is 10.0. The maximum Gasteiger partial charge on any atom is 0.198 e. The van der Waals surface area contributed by atoms with Gasteiger partial charge in [0.25, 0.3) is 0 Å². The lowest BCUT2D eigenvalue weighted by molar-refractivity contribution is 0.457. The van der Waals surface area contributed by atoms with Crippen molar-refractivity contribution >= 4 is 28.5 Å². The second-order valence-electron chi connectivity index (χ2n) is 4.74. The largest absolute Gasteiger partial charge is 0.494 e. The van der Waals surface area contributed by atoms with E-state index in [-0.39, 0.29) is 5.88 Å². The quantitative estimate of drug-likeness (QED) is 0.490. The Kier molecular flexibility index (Phi) is 2.91. The molecule has 3 aromatic rings. The van der Waals surface area contributed by atoms with Crippen LogP contribution in [0.4, 0.5) is 11.4 Å². The molecule has 0 aliphatic carbocycles. The number of nitrogens with zero attached hydrogens (tertiary/aromatic N) is 1. The summed E-state index contributed by atoms with van der Waals surface area (Å²) in [6, 6.07) is 13.2. The van der Waals surface area contributed by atoms with E-state index in [4.69, 9.17) is 5.73 Å². The Hall–Kier alpha value is -2.75. The van der Waals surface area contributed by atoms with E-state index in [2.05, 4.69) is 9.98 Å². The minimum absolute atomic E-state index is 0.127. The van der Waals surface area contributed by atoms with Crippen LogP contribution in [-0.4, -0.2) is 16.3 Å². The first-order chi connectivity index (χ1) is 9.65. The molecule has 1 heterocycles. The van der Waals surface area contributed by atoms with Gasteiger partial charge in [0, 0.05) is 22.8 Å². The van der Waals surface area contributed by atoms with Gasteiger partial charge in [0.05, 0.1) is 11.3 Å². The number of nitrogens with one attached hydrogen (secondary N) is 1. The summed E-state index contributed by atoms with van der Waals surface area (Å²) in [7, 11) is 0. The standard InChI is InChI=1S/C16H15N3O/c1-10-4-2-7-14-15(10)13(16(20)19-14)9-18-12-6-3-5-11(17)8-12/h2-9,19-20H,17H2,1H3. The van der Waals surface area contributed by atoms with E-state index in [9.17, 15) is 5.11 Å². The van der Waals surface area contributed by atoms with E-state index in [1.54, 1.807) is 12.3 Å². The van der Waals surface area contributed by atoms with Crippen molar-refractivity contribution in [2.45, 2.75) is 6.92 Å². The van der Waals surface area contributed by atoms with Gasteiger partial charge in [0.1, 0.15) is 0 Å². The predicted molar refractivity (Wildman–Crippen MR) is 82.8 cm³/mol. The lowest BCUT2D eigenvalue weighted by Crippen LogP contribution is -1.84. The lowest BCUT2D eigenvalue weighted by Gasteiger charge is -1.98. The van der Waals surface area contributed by atoms with E-state index >= 15 is 0 Å². The molecule has 20 heavy (non-hydrogen) atoms. The number of aromatic nitrogens is 1. The van der Waals surface area contributed by atoms with Crippen LogP contribution in [0.15, 0.2) is 47.5 Å². The molecule has 4 N–H and O–H groups in total. The summed E-state index contributed by atoms with van der Waals surface area (Å²) in [5, 5.41) is 11.0. The van der Waals surface area contributed by atoms with Crippen molar-refractivity contribution in [1.82, 2.24) is 4.98 Å². The molecule has 4 nitrogen and oxygen atoms in total. The highest BCUT2D eigenvalue weighted by Crippen LogP contribution is 2.28. The van der Waals surface area contributed by atoms with Crippen LogP contribution in [0.1, 0.15) is 11.1 Å².